The van der Waals surface area contributed by atoms with Gasteiger partial charge in [0.05, 0.1) is 18.0 Å². The zero-order valence-corrected chi connectivity index (χ0v) is 12.9. The van der Waals surface area contributed by atoms with Crippen LogP contribution in [0.4, 0.5) is 5.69 Å². The smallest absolute Gasteiger partial charge is 0.142 e. The number of piperazine rings is 1. The summed E-state index contributed by atoms with van der Waals surface area (Å²) in [6, 6.07) is 8.31. The normalized spacial score (nSPS) is 18.4. The maximum Gasteiger partial charge on any atom is 0.142 e. The molecule has 1 fully saturated rings. The first-order valence-corrected chi connectivity index (χ1v) is 7.62. The highest BCUT2D eigenvalue weighted by Crippen LogP contribution is 2.29. The largest absolute Gasteiger partial charge is 0.489 e. The first-order chi connectivity index (χ1) is 9.61. The molecule has 112 valence electrons. The number of rotatable bonds is 5. The van der Waals surface area contributed by atoms with Gasteiger partial charge in [-0.25, -0.2) is 0 Å². The molecule has 4 heteroatoms. The van der Waals surface area contributed by atoms with E-state index in [0.717, 1.165) is 38.3 Å². The molecule has 1 aromatic rings. The van der Waals surface area contributed by atoms with Gasteiger partial charge in [-0.05, 0) is 32.4 Å². The van der Waals surface area contributed by atoms with E-state index in [1.54, 1.807) is 0 Å². The summed E-state index contributed by atoms with van der Waals surface area (Å²) in [6.07, 6.45) is 1.40. The van der Waals surface area contributed by atoms with Crippen LogP contribution < -0.4 is 15.4 Å². The second kappa shape index (κ2) is 6.95. The van der Waals surface area contributed by atoms with E-state index in [4.69, 9.17) is 10.5 Å². The summed E-state index contributed by atoms with van der Waals surface area (Å²) in [5, 5.41) is 0. The summed E-state index contributed by atoms with van der Waals surface area (Å²) in [7, 11) is 0. The van der Waals surface area contributed by atoms with Gasteiger partial charge in [0.25, 0.3) is 0 Å². The van der Waals surface area contributed by atoms with Crippen molar-refractivity contribution >= 4 is 5.69 Å². The third-order valence-corrected chi connectivity index (χ3v) is 3.77. The molecule has 20 heavy (non-hydrogen) atoms. The summed E-state index contributed by atoms with van der Waals surface area (Å²) in [5.41, 5.74) is 7.31. The number of hydrogen-bond acceptors (Lipinski definition) is 4. The van der Waals surface area contributed by atoms with E-state index >= 15 is 0 Å². The third-order valence-electron chi connectivity index (χ3n) is 3.77. The van der Waals surface area contributed by atoms with Gasteiger partial charge < -0.3 is 15.4 Å². The number of hydrogen-bond donors (Lipinski definition) is 1. The summed E-state index contributed by atoms with van der Waals surface area (Å²) in [4.78, 5) is 4.76. The van der Waals surface area contributed by atoms with Gasteiger partial charge in [0, 0.05) is 26.2 Å². The van der Waals surface area contributed by atoms with Crippen LogP contribution >= 0.6 is 0 Å². The lowest BCUT2D eigenvalue weighted by Crippen LogP contribution is -2.53. The number of nitrogens with two attached hydrogens (primary N) is 1. The van der Waals surface area contributed by atoms with Gasteiger partial charge in [-0.2, -0.15) is 0 Å². The third kappa shape index (κ3) is 3.64. The maximum absolute atomic E-state index is 6.11. The highest BCUT2D eigenvalue weighted by atomic mass is 16.5. The first kappa shape index (κ1) is 15.1. The van der Waals surface area contributed by atoms with Crippen molar-refractivity contribution in [2.24, 2.45) is 5.73 Å². The lowest BCUT2D eigenvalue weighted by atomic mass is 10.2. The number of ether oxygens (including phenoxy) is 1. The van der Waals surface area contributed by atoms with Crippen LogP contribution in [0.3, 0.4) is 0 Å². The Labute approximate surface area is 122 Å². The predicted octanol–water partition coefficient (Wildman–Crippen LogP) is 2.29. The fourth-order valence-electron chi connectivity index (χ4n) is 2.62. The van der Waals surface area contributed by atoms with Crippen molar-refractivity contribution in [1.82, 2.24) is 4.90 Å². The molecule has 2 rings (SSSR count). The lowest BCUT2D eigenvalue weighted by Gasteiger charge is -2.39. The molecule has 1 unspecified atom stereocenters. The molecule has 0 bridgehead atoms. The molecule has 0 saturated carbocycles. The van der Waals surface area contributed by atoms with Crippen molar-refractivity contribution in [1.29, 1.82) is 0 Å². The number of para-hydroxylation sites is 2. The van der Waals surface area contributed by atoms with Crippen molar-refractivity contribution in [3.63, 3.8) is 0 Å². The van der Waals surface area contributed by atoms with Crippen LogP contribution in [0.15, 0.2) is 24.3 Å². The van der Waals surface area contributed by atoms with Crippen LogP contribution in [0.1, 0.15) is 27.2 Å². The molecule has 1 saturated heterocycles. The van der Waals surface area contributed by atoms with E-state index in [1.807, 2.05) is 6.07 Å². The van der Waals surface area contributed by atoms with Crippen LogP contribution in [0.25, 0.3) is 0 Å². The van der Waals surface area contributed by atoms with Crippen LogP contribution in [0.2, 0.25) is 0 Å². The first-order valence-electron chi connectivity index (χ1n) is 7.62. The highest BCUT2D eigenvalue weighted by molar-refractivity contribution is 5.58. The summed E-state index contributed by atoms with van der Waals surface area (Å²) in [6.45, 7) is 10.3. The van der Waals surface area contributed by atoms with Crippen molar-refractivity contribution in [3.8, 4) is 5.75 Å². The maximum atomic E-state index is 6.11. The average molecular weight is 277 g/mol. The molecule has 4 nitrogen and oxygen atoms in total. The fourth-order valence-corrected chi connectivity index (χ4v) is 2.62. The monoisotopic (exact) mass is 277 g/mol. The summed E-state index contributed by atoms with van der Waals surface area (Å²) < 4.78 is 5.91. The van der Waals surface area contributed by atoms with Crippen molar-refractivity contribution < 1.29 is 4.74 Å². The minimum absolute atomic E-state index is 0.194. The Morgan fingerprint density at radius 2 is 1.80 bits per heavy atom. The summed E-state index contributed by atoms with van der Waals surface area (Å²) >= 11 is 0. The fraction of sp³-hybridized carbons (Fsp3) is 0.625. The van der Waals surface area contributed by atoms with E-state index in [9.17, 15) is 0 Å². The van der Waals surface area contributed by atoms with Gasteiger partial charge >= 0.3 is 0 Å². The van der Waals surface area contributed by atoms with E-state index in [0.29, 0.717) is 0 Å². The molecule has 0 spiro atoms. The number of nitrogens with zero attached hydrogens (tertiary/aromatic N) is 2. The highest BCUT2D eigenvalue weighted by Gasteiger charge is 2.22. The van der Waals surface area contributed by atoms with Gasteiger partial charge in [-0.3, -0.25) is 4.90 Å². The van der Waals surface area contributed by atoms with Crippen molar-refractivity contribution in [3.05, 3.63) is 24.3 Å². The molecular weight excluding hydrogens is 250 g/mol. The molecule has 1 aliphatic heterocycles. The van der Waals surface area contributed by atoms with E-state index in [2.05, 4.69) is 48.8 Å². The van der Waals surface area contributed by atoms with Crippen LogP contribution in [0, 0.1) is 0 Å². The van der Waals surface area contributed by atoms with Gasteiger partial charge in [0.1, 0.15) is 5.75 Å². The SMILES string of the molecule is CCC(N)N1CCN(c2ccccc2OC(C)C)CC1. The quantitative estimate of drug-likeness (QED) is 0.896. The van der Waals surface area contributed by atoms with E-state index in [-0.39, 0.29) is 12.3 Å². The Morgan fingerprint density at radius 3 is 2.40 bits per heavy atom. The molecule has 1 atom stereocenters. The van der Waals surface area contributed by atoms with Crippen molar-refractivity contribution in [2.75, 3.05) is 31.1 Å². The van der Waals surface area contributed by atoms with Crippen LogP contribution in [-0.2, 0) is 0 Å². The Bertz CT molecular complexity index is 414. The molecule has 0 amide bonds. The molecule has 1 aliphatic rings. The molecule has 0 aromatic heterocycles. The van der Waals surface area contributed by atoms with Crippen molar-refractivity contribution in [2.45, 2.75) is 39.5 Å². The molecule has 0 aliphatic carbocycles. The second-order valence-electron chi connectivity index (χ2n) is 5.63. The van der Waals surface area contributed by atoms with Gasteiger partial charge in [-0.15, -0.1) is 0 Å². The second-order valence-corrected chi connectivity index (χ2v) is 5.63. The minimum Gasteiger partial charge on any atom is -0.489 e. The Balaban J connectivity index is 2.03. The standard InChI is InChI=1S/C16H27N3O/c1-4-16(17)19-11-9-18(10-12-19)14-7-5-6-8-15(14)20-13(2)3/h5-8,13,16H,4,9-12,17H2,1-3H3. The zero-order valence-electron chi connectivity index (χ0n) is 12.9. The molecule has 1 heterocycles. The molecule has 0 radical (unpaired) electrons. The minimum atomic E-state index is 0.194. The number of anilines is 1. The molecule has 1 aromatic carbocycles. The Morgan fingerprint density at radius 1 is 1.15 bits per heavy atom. The van der Waals surface area contributed by atoms with Gasteiger partial charge in [0.15, 0.2) is 0 Å². The number of benzene rings is 1. The summed E-state index contributed by atoms with van der Waals surface area (Å²) in [5.74, 6) is 0.982. The van der Waals surface area contributed by atoms with E-state index < -0.39 is 0 Å². The Kier molecular flexibility index (Phi) is 5.26. The molecule has 2 N–H and O–H groups in total. The predicted molar refractivity (Wildman–Crippen MR) is 84.3 cm³/mol. The lowest BCUT2D eigenvalue weighted by molar-refractivity contribution is 0.183. The van der Waals surface area contributed by atoms with Gasteiger partial charge in [0.2, 0.25) is 0 Å². The Hall–Kier alpha value is -1.26. The van der Waals surface area contributed by atoms with Gasteiger partial charge in [-0.1, -0.05) is 19.1 Å². The van der Waals surface area contributed by atoms with E-state index in [1.165, 1.54) is 5.69 Å². The topological polar surface area (TPSA) is 41.7 Å². The molecular formula is C16H27N3O. The zero-order chi connectivity index (χ0) is 14.5. The van der Waals surface area contributed by atoms with Crippen LogP contribution in [0.5, 0.6) is 5.75 Å². The van der Waals surface area contributed by atoms with Crippen LogP contribution in [-0.4, -0.2) is 43.3 Å². The average Bonchev–Trinajstić information content (AvgIpc) is 2.46.